The van der Waals surface area contributed by atoms with Gasteiger partial charge in [-0.05, 0) is 53.6 Å². The number of amides is 1. The number of carbonyl (C=O) groups excluding carboxylic acids is 2. The summed E-state index contributed by atoms with van der Waals surface area (Å²) in [5.41, 5.74) is 2.47. The van der Waals surface area contributed by atoms with Crippen LogP contribution in [0.1, 0.15) is 56.3 Å². The minimum atomic E-state index is -0.676. The van der Waals surface area contributed by atoms with E-state index in [9.17, 15) is 14.7 Å². The smallest absolute Gasteiger partial charge is 0.295 e. The van der Waals surface area contributed by atoms with Crippen LogP contribution in [-0.4, -0.2) is 48.1 Å². The second-order valence-electron chi connectivity index (χ2n) is 9.69. The van der Waals surface area contributed by atoms with Gasteiger partial charge in [-0.15, -0.1) is 0 Å². The maximum Gasteiger partial charge on any atom is 0.295 e. The lowest BCUT2D eigenvalue weighted by atomic mass is 9.85. The number of likely N-dealkylation sites (tertiary alicyclic amines) is 1. The van der Waals surface area contributed by atoms with E-state index in [1.165, 1.54) is 0 Å². The number of hydrogen-bond acceptors (Lipinski definition) is 5. The van der Waals surface area contributed by atoms with Crippen molar-refractivity contribution in [3.05, 3.63) is 70.8 Å². The Hall–Kier alpha value is -3.12. The first-order valence-corrected chi connectivity index (χ1v) is 11.4. The van der Waals surface area contributed by atoms with Crippen molar-refractivity contribution in [2.45, 2.75) is 51.2 Å². The average molecular weight is 450 g/mol. The molecule has 2 heterocycles. The van der Waals surface area contributed by atoms with Crippen LogP contribution in [0.4, 0.5) is 0 Å². The first kappa shape index (κ1) is 23.1. The second-order valence-corrected chi connectivity index (χ2v) is 9.69. The number of methoxy groups -OCH3 is 1. The maximum absolute atomic E-state index is 13.2. The van der Waals surface area contributed by atoms with Crippen LogP contribution in [0.5, 0.6) is 5.75 Å². The van der Waals surface area contributed by atoms with Gasteiger partial charge in [0.1, 0.15) is 11.5 Å². The molecule has 0 saturated carbocycles. The van der Waals surface area contributed by atoms with Crippen molar-refractivity contribution in [2.24, 2.45) is 0 Å². The van der Waals surface area contributed by atoms with Gasteiger partial charge in [-0.2, -0.15) is 0 Å². The Morgan fingerprint density at radius 1 is 1.09 bits per heavy atom. The Balaban J connectivity index is 1.80. The summed E-state index contributed by atoms with van der Waals surface area (Å²) in [5.74, 6) is -0.827. The topological polar surface area (TPSA) is 76.1 Å². The molecule has 2 fully saturated rings. The fourth-order valence-corrected chi connectivity index (χ4v) is 4.49. The van der Waals surface area contributed by atoms with E-state index in [0.717, 1.165) is 24.0 Å². The lowest BCUT2D eigenvalue weighted by Crippen LogP contribution is -2.36. The number of ether oxygens (including phenoxy) is 2. The van der Waals surface area contributed by atoms with Gasteiger partial charge in [-0.25, -0.2) is 0 Å². The van der Waals surface area contributed by atoms with Gasteiger partial charge in [-0.3, -0.25) is 9.59 Å². The molecule has 174 valence electrons. The summed E-state index contributed by atoms with van der Waals surface area (Å²) in [5, 5.41) is 11.2. The normalized spacial score (nSPS) is 22.7. The Bertz CT molecular complexity index is 1060. The van der Waals surface area contributed by atoms with Gasteiger partial charge in [-0.1, -0.05) is 45.0 Å². The number of carbonyl (C=O) groups is 2. The second kappa shape index (κ2) is 9.02. The minimum Gasteiger partial charge on any atom is -0.507 e. The van der Waals surface area contributed by atoms with Crippen LogP contribution in [0.2, 0.25) is 0 Å². The molecule has 2 atom stereocenters. The summed E-state index contributed by atoms with van der Waals surface area (Å²) in [4.78, 5) is 27.8. The van der Waals surface area contributed by atoms with E-state index in [4.69, 9.17) is 9.47 Å². The molecule has 2 unspecified atom stereocenters. The van der Waals surface area contributed by atoms with Crippen LogP contribution in [-0.2, 0) is 19.7 Å². The highest BCUT2D eigenvalue weighted by Crippen LogP contribution is 2.40. The van der Waals surface area contributed by atoms with Crippen LogP contribution >= 0.6 is 0 Å². The van der Waals surface area contributed by atoms with E-state index in [-0.39, 0.29) is 22.9 Å². The lowest BCUT2D eigenvalue weighted by molar-refractivity contribution is -0.140. The molecule has 2 aliphatic heterocycles. The van der Waals surface area contributed by atoms with Gasteiger partial charge in [0.25, 0.3) is 11.7 Å². The van der Waals surface area contributed by atoms with Crippen LogP contribution in [0.15, 0.2) is 54.1 Å². The third-order valence-corrected chi connectivity index (χ3v) is 6.42. The number of rotatable bonds is 5. The summed E-state index contributed by atoms with van der Waals surface area (Å²) in [7, 11) is 1.56. The van der Waals surface area contributed by atoms with Gasteiger partial charge in [0.2, 0.25) is 0 Å². The molecule has 33 heavy (non-hydrogen) atoms. The minimum absolute atomic E-state index is 0.0267. The first-order valence-electron chi connectivity index (χ1n) is 11.4. The van der Waals surface area contributed by atoms with Crippen LogP contribution in [0.25, 0.3) is 5.76 Å². The molecule has 0 aromatic heterocycles. The number of ketones is 1. The number of aliphatic hydroxyl groups is 1. The van der Waals surface area contributed by atoms with Gasteiger partial charge < -0.3 is 19.5 Å². The number of nitrogens with zero attached hydrogens (tertiary/aromatic N) is 1. The highest BCUT2D eigenvalue weighted by atomic mass is 16.5. The fraction of sp³-hybridized carbons (Fsp3) is 0.407. The molecule has 2 aliphatic rings. The van der Waals surface area contributed by atoms with Crippen LogP contribution in [0.3, 0.4) is 0 Å². The number of aliphatic hydroxyl groups excluding tert-OH is 1. The zero-order chi connectivity index (χ0) is 23.8. The van der Waals surface area contributed by atoms with Gasteiger partial charge in [0.15, 0.2) is 0 Å². The average Bonchev–Trinajstić information content (AvgIpc) is 3.40. The molecule has 1 amide bonds. The Morgan fingerprint density at radius 2 is 1.76 bits per heavy atom. The van der Waals surface area contributed by atoms with Crippen molar-refractivity contribution in [1.29, 1.82) is 0 Å². The van der Waals surface area contributed by atoms with Crippen molar-refractivity contribution >= 4 is 17.4 Å². The molecular weight excluding hydrogens is 418 g/mol. The summed E-state index contributed by atoms with van der Waals surface area (Å²) in [6.45, 7) is 7.38. The molecule has 0 radical (unpaired) electrons. The number of hydrogen-bond donors (Lipinski definition) is 1. The number of benzene rings is 2. The monoisotopic (exact) mass is 449 g/mol. The molecule has 2 aromatic carbocycles. The van der Waals surface area contributed by atoms with E-state index in [1.807, 2.05) is 24.3 Å². The highest BCUT2D eigenvalue weighted by molar-refractivity contribution is 6.46. The summed E-state index contributed by atoms with van der Waals surface area (Å²) in [6, 6.07) is 14.1. The molecule has 2 saturated heterocycles. The van der Waals surface area contributed by atoms with Crippen molar-refractivity contribution < 1.29 is 24.2 Å². The molecule has 0 aliphatic carbocycles. The third kappa shape index (κ3) is 4.53. The molecule has 0 spiro atoms. The van der Waals surface area contributed by atoms with Crippen molar-refractivity contribution in [3.63, 3.8) is 0 Å². The van der Waals surface area contributed by atoms with E-state index in [0.29, 0.717) is 24.5 Å². The summed E-state index contributed by atoms with van der Waals surface area (Å²) in [6.07, 6.45) is 1.67. The standard InChI is InChI=1S/C27H31NO5/c1-27(2,3)19-11-7-17(8-12-19)23-22(24(29)18-9-13-20(32-4)14-10-18)25(30)26(31)28(23)16-21-6-5-15-33-21/h7-14,21,23,29H,5-6,15-16H2,1-4H3/b24-22+. The molecule has 1 N–H and O–H groups in total. The predicted molar refractivity (Wildman–Crippen MR) is 126 cm³/mol. The Labute approximate surface area is 194 Å². The molecule has 0 bridgehead atoms. The molecule has 6 nitrogen and oxygen atoms in total. The van der Waals surface area contributed by atoms with Crippen LogP contribution in [0, 0.1) is 0 Å². The Morgan fingerprint density at radius 3 is 2.30 bits per heavy atom. The summed E-state index contributed by atoms with van der Waals surface area (Å²) < 4.78 is 10.9. The molecular formula is C27H31NO5. The SMILES string of the molecule is COc1ccc(/C(O)=C2\C(=O)C(=O)N(CC3CCCO3)C2c2ccc(C(C)(C)C)cc2)cc1. The molecule has 2 aromatic rings. The van der Waals surface area contributed by atoms with E-state index >= 15 is 0 Å². The van der Waals surface area contributed by atoms with Gasteiger partial charge in [0, 0.05) is 18.7 Å². The van der Waals surface area contributed by atoms with Crippen molar-refractivity contribution in [3.8, 4) is 5.75 Å². The fourth-order valence-electron chi connectivity index (χ4n) is 4.49. The zero-order valence-corrected chi connectivity index (χ0v) is 19.6. The quantitative estimate of drug-likeness (QED) is 0.410. The van der Waals surface area contributed by atoms with E-state index in [2.05, 4.69) is 20.8 Å². The zero-order valence-electron chi connectivity index (χ0n) is 19.6. The van der Waals surface area contributed by atoms with E-state index in [1.54, 1.807) is 36.3 Å². The largest absolute Gasteiger partial charge is 0.507 e. The van der Waals surface area contributed by atoms with Gasteiger partial charge in [0.05, 0.1) is 24.8 Å². The molecule has 4 rings (SSSR count). The lowest BCUT2D eigenvalue weighted by Gasteiger charge is -2.28. The van der Waals surface area contributed by atoms with E-state index < -0.39 is 17.7 Å². The maximum atomic E-state index is 13.2. The first-order chi connectivity index (χ1) is 15.7. The summed E-state index contributed by atoms with van der Waals surface area (Å²) >= 11 is 0. The molecule has 6 heteroatoms. The van der Waals surface area contributed by atoms with Crippen molar-refractivity contribution in [2.75, 3.05) is 20.3 Å². The Kier molecular flexibility index (Phi) is 6.30. The third-order valence-electron chi connectivity index (χ3n) is 6.42. The van der Waals surface area contributed by atoms with Crippen molar-refractivity contribution in [1.82, 2.24) is 4.90 Å². The number of Topliss-reactive ketones (excluding diaryl/α,β-unsaturated/α-hetero) is 1. The highest BCUT2D eigenvalue weighted by Gasteiger charge is 2.47. The van der Waals surface area contributed by atoms with Gasteiger partial charge >= 0.3 is 0 Å². The van der Waals surface area contributed by atoms with Crippen LogP contribution < -0.4 is 4.74 Å². The predicted octanol–water partition coefficient (Wildman–Crippen LogP) is 4.59.